The Morgan fingerprint density at radius 3 is 2.74 bits per heavy atom. The fourth-order valence-electron chi connectivity index (χ4n) is 2.24. The van der Waals surface area contributed by atoms with Gasteiger partial charge in [-0.3, -0.25) is 9.55 Å². The van der Waals surface area contributed by atoms with Crippen LogP contribution in [0.5, 0.6) is 0 Å². The highest BCUT2D eigenvalue weighted by Gasteiger charge is 2.10. The molecule has 1 atom stereocenters. The molecule has 1 aromatic carbocycles. The fourth-order valence-corrected chi connectivity index (χ4v) is 2.66. The van der Waals surface area contributed by atoms with Gasteiger partial charge in [0.05, 0.1) is 41.5 Å². The summed E-state index contributed by atoms with van der Waals surface area (Å²) >= 11 is -1.92. The molecule has 23 heavy (non-hydrogen) atoms. The summed E-state index contributed by atoms with van der Waals surface area (Å²) in [5.74, 6) is -0.283. The van der Waals surface area contributed by atoms with Crippen LogP contribution in [0.2, 0.25) is 0 Å². The van der Waals surface area contributed by atoms with Crippen LogP contribution in [-0.4, -0.2) is 23.3 Å². The first kappa shape index (κ1) is 15.5. The van der Waals surface area contributed by atoms with Crippen molar-refractivity contribution in [2.75, 3.05) is 0 Å². The Morgan fingerprint density at radius 1 is 1.26 bits per heavy atom. The van der Waals surface area contributed by atoms with E-state index in [1.807, 2.05) is 6.07 Å². The van der Waals surface area contributed by atoms with Gasteiger partial charge in [0.2, 0.25) is 0 Å². The Labute approximate surface area is 135 Å². The van der Waals surface area contributed by atoms with Crippen LogP contribution < -0.4 is 0 Å². The van der Waals surface area contributed by atoms with E-state index in [9.17, 15) is 8.60 Å². The largest absolute Gasteiger partial charge is 0.306 e. The number of pyridine rings is 1. The summed E-state index contributed by atoms with van der Waals surface area (Å²) in [4.78, 5) is 8.29. The first-order valence-corrected chi connectivity index (χ1v) is 8.14. The third-order valence-corrected chi connectivity index (χ3v) is 4.01. The van der Waals surface area contributed by atoms with Crippen molar-refractivity contribution in [3.8, 4) is 16.9 Å². The molecule has 0 bridgehead atoms. The molecule has 1 unspecified atom stereocenters. The van der Waals surface area contributed by atoms with Crippen LogP contribution in [0, 0.1) is 12.7 Å². The lowest BCUT2D eigenvalue weighted by molar-refractivity contribution is 0.563. The van der Waals surface area contributed by atoms with Crippen LogP contribution in [0.3, 0.4) is 0 Å². The number of hydrogen-bond donors (Lipinski definition) is 1. The molecule has 3 aromatic rings. The van der Waals surface area contributed by atoms with E-state index in [1.54, 1.807) is 48.4 Å². The number of rotatable bonds is 4. The molecule has 0 aliphatic carbocycles. The Morgan fingerprint density at radius 2 is 2.09 bits per heavy atom. The fraction of sp³-hybridized carbons (Fsp3) is 0.125. The summed E-state index contributed by atoms with van der Waals surface area (Å²) in [6.07, 6.45) is 4.87. The molecule has 0 fully saturated rings. The molecular weight excluding hydrogens is 317 g/mol. The lowest BCUT2D eigenvalue weighted by Gasteiger charge is -2.09. The second kappa shape index (κ2) is 6.39. The number of nitrogens with zero attached hydrogens (tertiary/aromatic N) is 3. The highest BCUT2D eigenvalue weighted by Crippen LogP contribution is 2.24. The maximum absolute atomic E-state index is 13.8. The van der Waals surface area contributed by atoms with Crippen molar-refractivity contribution >= 4 is 11.1 Å². The zero-order valence-electron chi connectivity index (χ0n) is 12.3. The van der Waals surface area contributed by atoms with E-state index < -0.39 is 11.1 Å². The average Bonchev–Trinajstić information content (AvgIpc) is 3.00. The van der Waals surface area contributed by atoms with Crippen molar-refractivity contribution in [3.05, 3.63) is 66.1 Å². The highest BCUT2D eigenvalue weighted by atomic mass is 32.2. The van der Waals surface area contributed by atoms with E-state index in [4.69, 9.17) is 4.55 Å². The SMILES string of the molecule is Cc1ccc(-c2cncn2-c2ccc(CS(=O)O)nc2)cc1F. The number of aromatic nitrogens is 3. The molecule has 3 rings (SSSR count). The third kappa shape index (κ3) is 3.35. The van der Waals surface area contributed by atoms with Crippen molar-refractivity contribution in [1.82, 2.24) is 14.5 Å². The summed E-state index contributed by atoms with van der Waals surface area (Å²) in [7, 11) is 0. The molecule has 0 radical (unpaired) electrons. The molecule has 1 N–H and O–H groups in total. The van der Waals surface area contributed by atoms with E-state index in [1.165, 1.54) is 6.07 Å². The maximum Gasteiger partial charge on any atom is 0.158 e. The van der Waals surface area contributed by atoms with Crippen LogP contribution >= 0.6 is 0 Å². The number of imidazole rings is 1. The molecule has 0 spiro atoms. The second-order valence-corrected chi connectivity index (χ2v) is 6.02. The Bertz CT molecular complexity index is 862. The first-order valence-electron chi connectivity index (χ1n) is 6.86. The van der Waals surface area contributed by atoms with Crippen LogP contribution in [0.4, 0.5) is 4.39 Å². The first-order chi connectivity index (χ1) is 11.0. The van der Waals surface area contributed by atoms with E-state index in [-0.39, 0.29) is 11.6 Å². The minimum atomic E-state index is -1.92. The summed E-state index contributed by atoms with van der Waals surface area (Å²) in [6, 6.07) is 8.50. The minimum Gasteiger partial charge on any atom is -0.306 e. The van der Waals surface area contributed by atoms with Gasteiger partial charge in [-0.1, -0.05) is 12.1 Å². The van der Waals surface area contributed by atoms with Gasteiger partial charge in [0.25, 0.3) is 0 Å². The summed E-state index contributed by atoms with van der Waals surface area (Å²) in [6.45, 7) is 1.71. The van der Waals surface area contributed by atoms with Crippen molar-refractivity contribution in [3.63, 3.8) is 0 Å². The summed E-state index contributed by atoms with van der Waals surface area (Å²) < 4.78 is 35.3. The summed E-state index contributed by atoms with van der Waals surface area (Å²) in [5.41, 5.74) is 3.31. The lowest BCUT2D eigenvalue weighted by atomic mass is 10.1. The van der Waals surface area contributed by atoms with E-state index in [0.717, 1.165) is 11.4 Å². The van der Waals surface area contributed by atoms with Crippen LogP contribution in [0.1, 0.15) is 11.3 Å². The number of aryl methyl sites for hydroxylation is 1. The van der Waals surface area contributed by atoms with Crippen molar-refractivity contribution < 1.29 is 13.2 Å². The van der Waals surface area contributed by atoms with Gasteiger partial charge >= 0.3 is 0 Å². The van der Waals surface area contributed by atoms with Gasteiger partial charge in [0, 0.05) is 5.56 Å². The van der Waals surface area contributed by atoms with Gasteiger partial charge in [-0.2, -0.15) is 0 Å². The predicted molar refractivity (Wildman–Crippen MR) is 86.0 cm³/mol. The van der Waals surface area contributed by atoms with E-state index >= 15 is 0 Å². The van der Waals surface area contributed by atoms with Gasteiger partial charge < -0.3 is 4.55 Å². The smallest absolute Gasteiger partial charge is 0.158 e. The molecule has 7 heteroatoms. The number of benzene rings is 1. The highest BCUT2D eigenvalue weighted by molar-refractivity contribution is 7.78. The monoisotopic (exact) mass is 331 g/mol. The van der Waals surface area contributed by atoms with Crippen LogP contribution in [0.15, 0.2) is 49.1 Å². The molecule has 0 saturated carbocycles. The van der Waals surface area contributed by atoms with Gasteiger partial charge in [0.15, 0.2) is 11.1 Å². The zero-order valence-corrected chi connectivity index (χ0v) is 13.1. The van der Waals surface area contributed by atoms with E-state index in [0.29, 0.717) is 16.8 Å². The van der Waals surface area contributed by atoms with Crippen molar-refractivity contribution in [2.45, 2.75) is 12.7 Å². The molecule has 0 saturated heterocycles. The average molecular weight is 331 g/mol. The van der Waals surface area contributed by atoms with Crippen LogP contribution in [0.25, 0.3) is 16.9 Å². The third-order valence-electron chi connectivity index (χ3n) is 3.46. The zero-order chi connectivity index (χ0) is 16.4. The molecule has 0 aliphatic rings. The van der Waals surface area contributed by atoms with Gasteiger partial charge in [-0.15, -0.1) is 0 Å². The summed E-state index contributed by atoms with van der Waals surface area (Å²) in [5, 5.41) is 0. The topological polar surface area (TPSA) is 68.0 Å². The second-order valence-electron chi connectivity index (χ2n) is 5.09. The molecule has 2 aromatic heterocycles. The van der Waals surface area contributed by atoms with Gasteiger partial charge in [0.1, 0.15) is 5.82 Å². The molecule has 2 heterocycles. The molecule has 5 nitrogen and oxygen atoms in total. The van der Waals surface area contributed by atoms with E-state index in [2.05, 4.69) is 9.97 Å². The van der Waals surface area contributed by atoms with Gasteiger partial charge in [-0.25, -0.2) is 13.6 Å². The quantitative estimate of drug-likeness (QED) is 0.746. The Hall–Kier alpha value is -2.38. The number of hydrogen-bond acceptors (Lipinski definition) is 3. The Kier molecular flexibility index (Phi) is 4.31. The Balaban J connectivity index is 1.97. The molecule has 118 valence electrons. The lowest BCUT2D eigenvalue weighted by Crippen LogP contribution is -2.00. The standard InChI is InChI=1S/C16H14FN3O2S/c1-11-2-3-12(6-15(11)17)16-8-18-10-20(16)14-5-4-13(19-7-14)9-23(21)22/h2-8,10H,9H2,1H3,(H,21,22). The van der Waals surface area contributed by atoms with Crippen molar-refractivity contribution in [1.29, 1.82) is 0 Å². The normalized spacial score (nSPS) is 12.3. The molecular formula is C16H14FN3O2S. The van der Waals surface area contributed by atoms with Crippen molar-refractivity contribution in [2.24, 2.45) is 0 Å². The number of halogens is 1. The van der Waals surface area contributed by atoms with Gasteiger partial charge in [-0.05, 0) is 30.7 Å². The van der Waals surface area contributed by atoms with Crippen LogP contribution in [-0.2, 0) is 16.8 Å². The molecule has 0 aliphatic heterocycles. The molecule has 0 amide bonds. The maximum atomic E-state index is 13.8. The predicted octanol–water partition coefficient (Wildman–Crippen LogP) is 3.10. The minimum absolute atomic E-state index is 0.0137.